The van der Waals surface area contributed by atoms with E-state index in [1.54, 1.807) is 42.5 Å². The van der Waals surface area contributed by atoms with Gasteiger partial charge >= 0.3 is 0 Å². The van der Waals surface area contributed by atoms with Crippen LogP contribution in [0.3, 0.4) is 0 Å². The second-order valence-corrected chi connectivity index (χ2v) is 5.01. The van der Waals surface area contributed by atoms with Crippen LogP contribution < -0.4 is 10.6 Å². The second-order valence-electron chi connectivity index (χ2n) is 5.01. The van der Waals surface area contributed by atoms with Crippen LogP contribution in [0.4, 0.5) is 21.7 Å². The number of amides is 1. The lowest BCUT2D eigenvalue weighted by atomic mass is 10.2. The number of nitrogens with zero attached hydrogens (tertiary/aromatic N) is 3. The number of hydrogen-bond donors (Lipinski definition) is 2. The number of halogens is 1. The molecule has 0 spiro atoms. The van der Waals surface area contributed by atoms with Crippen LogP contribution in [0.25, 0.3) is 0 Å². The predicted molar refractivity (Wildman–Crippen MR) is 90.8 cm³/mol. The van der Waals surface area contributed by atoms with Gasteiger partial charge in [-0.2, -0.15) is 5.26 Å². The Bertz CT molecular complexity index is 950. The molecule has 0 aliphatic heterocycles. The molecule has 0 aliphatic carbocycles. The quantitative estimate of drug-likeness (QED) is 0.763. The first kappa shape index (κ1) is 16.1. The summed E-state index contributed by atoms with van der Waals surface area (Å²) in [7, 11) is 0. The van der Waals surface area contributed by atoms with Gasteiger partial charge in [0.15, 0.2) is 0 Å². The van der Waals surface area contributed by atoms with Crippen molar-refractivity contribution in [3.8, 4) is 6.07 Å². The van der Waals surface area contributed by atoms with Crippen LogP contribution in [0.1, 0.15) is 16.1 Å². The highest BCUT2D eigenvalue weighted by molar-refractivity contribution is 6.03. The van der Waals surface area contributed by atoms with Gasteiger partial charge in [0.1, 0.15) is 11.5 Å². The molecule has 6 nitrogen and oxygen atoms in total. The van der Waals surface area contributed by atoms with Gasteiger partial charge in [-0.15, -0.1) is 0 Å². The third kappa shape index (κ3) is 3.95. The molecule has 0 bridgehead atoms. The largest absolute Gasteiger partial charge is 0.322 e. The molecule has 0 atom stereocenters. The lowest BCUT2D eigenvalue weighted by Gasteiger charge is -2.08. The number of nitriles is 1. The monoisotopic (exact) mass is 333 g/mol. The van der Waals surface area contributed by atoms with Crippen LogP contribution >= 0.6 is 0 Å². The third-order valence-corrected chi connectivity index (χ3v) is 3.28. The fourth-order valence-corrected chi connectivity index (χ4v) is 2.05. The molecule has 0 radical (unpaired) electrons. The van der Waals surface area contributed by atoms with Crippen molar-refractivity contribution in [3.05, 3.63) is 77.9 Å². The Kier molecular flexibility index (Phi) is 4.62. The standard InChI is InChI=1S/C18H12FN5O/c19-14-3-1-2-4-15(14)23-18-21-10-9-16(24-18)17(25)22-13-7-5-12(11-20)6-8-13/h1-10H,(H,22,25)(H,21,23,24). The van der Waals surface area contributed by atoms with Gasteiger partial charge in [0, 0.05) is 11.9 Å². The molecule has 1 aromatic heterocycles. The van der Waals surface area contributed by atoms with E-state index >= 15 is 0 Å². The maximum Gasteiger partial charge on any atom is 0.274 e. The van der Waals surface area contributed by atoms with Gasteiger partial charge < -0.3 is 10.6 Å². The summed E-state index contributed by atoms with van der Waals surface area (Å²) in [6, 6.07) is 16.0. The number of nitrogens with one attached hydrogen (secondary N) is 2. The summed E-state index contributed by atoms with van der Waals surface area (Å²) < 4.78 is 13.7. The molecule has 0 saturated carbocycles. The highest BCUT2D eigenvalue weighted by Crippen LogP contribution is 2.17. The average molecular weight is 333 g/mol. The molecule has 0 unspecified atom stereocenters. The Labute approximate surface area is 143 Å². The Morgan fingerprint density at radius 3 is 2.56 bits per heavy atom. The van der Waals surface area contributed by atoms with Gasteiger partial charge in [0.05, 0.1) is 17.3 Å². The van der Waals surface area contributed by atoms with E-state index in [0.29, 0.717) is 11.3 Å². The maximum absolute atomic E-state index is 13.7. The van der Waals surface area contributed by atoms with E-state index in [-0.39, 0.29) is 17.3 Å². The minimum Gasteiger partial charge on any atom is -0.322 e. The molecule has 3 aromatic rings. The van der Waals surface area contributed by atoms with E-state index in [9.17, 15) is 9.18 Å². The SMILES string of the molecule is N#Cc1ccc(NC(=O)c2ccnc(Nc3ccccc3F)n2)cc1. The number of aromatic nitrogens is 2. The minimum absolute atomic E-state index is 0.109. The molecule has 1 amide bonds. The number of anilines is 3. The van der Waals surface area contributed by atoms with Crippen LogP contribution in [0, 0.1) is 17.1 Å². The second kappa shape index (κ2) is 7.19. The zero-order chi connectivity index (χ0) is 17.6. The zero-order valence-corrected chi connectivity index (χ0v) is 12.9. The van der Waals surface area contributed by atoms with E-state index < -0.39 is 11.7 Å². The highest BCUT2D eigenvalue weighted by Gasteiger charge is 2.10. The van der Waals surface area contributed by atoms with Gasteiger partial charge in [-0.1, -0.05) is 12.1 Å². The van der Waals surface area contributed by atoms with Crippen LogP contribution in [-0.4, -0.2) is 15.9 Å². The van der Waals surface area contributed by atoms with Crippen molar-refractivity contribution in [2.24, 2.45) is 0 Å². The normalized spacial score (nSPS) is 9.92. The van der Waals surface area contributed by atoms with E-state index in [1.807, 2.05) is 6.07 Å². The number of carbonyl (C=O) groups is 1. The topological polar surface area (TPSA) is 90.7 Å². The maximum atomic E-state index is 13.7. The summed E-state index contributed by atoms with van der Waals surface area (Å²) in [5, 5.41) is 14.2. The Hall–Kier alpha value is -3.79. The predicted octanol–water partition coefficient (Wildman–Crippen LogP) is 3.48. The van der Waals surface area contributed by atoms with Crippen molar-refractivity contribution in [1.29, 1.82) is 5.26 Å². The molecule has 0 aliphatic rings. The lowest BCUT2D eigenvalue weighted by molar-refractivity contribution is 0.102. The molecule has 2 aromatic carbocycles. The van der Waals surface area contributed by atoms with Crippen molar-refractivity contribution < 1.29 is 9.18 Å². The smallest absolute Gasteiger partial charge is 0.274 e. The van der Waals surface area contributed by atoms with Gasteiger partial charge in [0.25, 0.3) is 5.91 Å². The number of para-hydroxylation sites is 1. The average Bonchev–Trinajstić information content (AvgIpc) is 2.64. The molecule has 0 fully saturated rings. The van der Waals surface area contributed by atoms with Crippen molar-refractivity contribution in [3.63, 3.8) is 0 Å². The van der Waals surface area contributed by atoms with Crippen molar-refractivity contribution in [1.82, 2.24) is 9.97 Å². The molecule has 0 saturated heterocycles. The van der Waals surface area contributed by atoms with Gasteiger partial charge in [0.2, 0.25) is 5.95 Å². The first-order valence-corrected chi connectivity index (χ1v) is 7.32. The molecular formula is C18H12FN5O. The van der Waals surface area contributed by atoms with Crippen LogP contribution in [0.5, 0.6) is 0 Å². The first-order chi connectivity index (χ1) is 12.2. The molecule has 122 valence electrons. The van der Waals surface area contributed by atoms with E-state index in [2.05, 4.69) is 20.6 Å². The summed E-state index contributed by atoms with van der Waals surface area (Å²) in [5.74, 6) is -0.778. The van der Waals surface area contributed by atoms with Gasteiger partial charge in [-0.05, 0) is 42.5 Å². The number of benzene rings is 2. The summed E-state index contributed by atoms with van der Waals surface area (Å²) in [4.78, 5) is 20.3. The highest BCUT2D eigenvalue weighted by atomic mass is 19.1. The molecular weight excluding hydrogens is 321 g/mol. The summed E-state index contributed by atoms with van der Waals surface area (Å²) in [5.41, 5.74) is 1.37. The lowest BCUT2D eigenvalue weighted by Crippen LogP contribution is -2.14. The molecule has 25 heavy (non-hydrogen) atoms. The summed E-state index contributed by atoms with van der Waals surface area (Å²) in [6.07, 6.45) is 1.41. The Balaban J connectivity index is 1.75. The summed E-state index contributed by atoms with van der Waals surface area (Å²) in [6.45, 7) is 0. The molecule has 3 rings (SSSR count). The first-order valence-electron chi connectivity index (χ1n) is 7.32. The zero-order valence-electron chi connectivity index (χ0n) is 12.9. The molecule has 2 N–H and O–H groups in total. The number of rotatable bonds is 4. The number of hydrogen-bond acceptors (Lipinski definition) is 5. The molecule has 7 heteroatoms. The van der Waals surface area contributed by atoms with E-state index in [0.717, 1.165) is 0 Å². The number of carbonyl (C=O) groups excluding carboxylic acids is 1. The van der Waals surface area contributed by atoms with Crippen LogP contribution in [0.15, 0.2) is 60.8 Å². The van der Waals surface area contributed by atoms with Crippen LogP contribution in [0.2, 0.25) is 0 Å². The Morgan fingerprint density at radius 1 is 1.08 bits per heavy atom. The third-order valence-electron chi connectivity index (χ3n) is 3.28. The Morgan fingerprint density at radius 2 is 1.84 bits per heavy atom. The molecule has 1 heterocycles. The van der Waals surface area contributed by atoms with Crippen molar-refractivity contribution in [2.45, 2.75) is 0 Å². The van der Waals surface area contributed by atoms with E-state index in [4.69, 9.17) is 5.26 Å². The van der Waals surface area contributed by atoms with Gasteiger partial charge in [-0.3, -0.25) is 4.79 Å². The summed E-state index contributed by atoms with van der Waals surface area (Å²) >= 11 is 0. The van der Waals surface area contributed by atoms with Gasteiger partial charge in [-0.25, -0.2) is 14.4 Å². The fraction of sp³-hybridized carbons (Fsp3) is 0. The van der Waals surface area contributed by atoms with Crippen molar-refractivity contribution >= 4 is 23.2 Å². The van der Waals surface area contributed by atoms with Crippen molar-refractivity contribution in [2.75, 3.05) is 10.6 Å². The van der Waals surface area contributed by atoms with Crippen LogP contribution in [-0.2, 0) is 0 Å². The minimum atomic E-state index is -0.446. The van der Waals surface area contributed by atoms with E-state index in [1.165, 1.54) is 18.3 Å². The fourth-order valence-electron chi connectivity index (χ4n) is 2.05.